The van der Waals surface area contributed by atoms with Crippen LogP contribution in [0.15, 0.2) is 17.0 Å². The minimum atomic E-state index is -3.67. The van der Waals surface area contributed by atoms with Gasteiger partial charge in [0, 0.05) is 31.6 Å². The van der Waals surface area contributed by atoms with Gasteiger partial charge in [-0.2, -0.15) is 4.31 Å². The summed E-state index contributed by atoms with van der Waals surface area (Å²) in [6, 6.07) is 3.10. The van der Waals surface area contributed by atoms with E-state index in [0.717, 1.165) is 18.4 Å². The zero-order valence-electron chi connectivity index (χ0n) is 17.2. The molecular formula is C21H29N3O4S. The molecule has 0 saturated carbocycles. The SMILES string of the molecule is C#CCNC(=O)CCNC(=O)c1cc(C)c(C)c(S(=O)(=O)N2CCC(C)CC2)c1. The number of terminal acetylenes is 1. The van der Waals surface area contributed by atoms with E-state index in [-0.39, 0.29) is 35.9 Å². The highest BCUT2D eigenvalue weighted by Crippen LogP contribution is 2.28. The highest BCUT2D eigenvalue weighted by atomic mass is 32.2. The quantitative estimate of drug-likeness (QED) is 0.656. The molecule has 0 spiro atoms. The molecule has 0 aromatic heterocycles. The zero-order chi connectivity index (χ0) is 21.6. The van der Waals surface area contributed by atoms with Crippen molar-refractivity contribution in [3.8, 4) is 12.3 Å². The normalized spacial score (nSPS) is 15.5. The molecule has 2 N–H and O–H groups in total. The maximum absolute atomic E-state index is 13.2. The van der Waals surface area contributed by atoms with E-state index < -0.39 is 15.9 Å². The van der Waals surface area contributed by atoms with Crippen molar-refractivity contribution in [3.05, 3.63) is 28.8 Å². The van der Waals surface area contributed by atoms with Crippen molar-refractivity contribution in [1.29, 1.82) is 0 Å². The number of nitrogens with one attached hydrogen (secondary N) is 2. The summed E-state index contributed by atoms with van der Waals surface area (Å²) in [6.45, 7) is 6.92. The van der Waals surface area contributed by atoms with Crippen LogP contribution in [-0.4, -0.2) is 50.7 Å². The molecule has 0 aliphatic carbocycles. The number of aryl methyl sites for hydroxylation is 1. The second-order valence-electron chi connectivity index (χ2n) is 7.49. The molecule has 1 aromatic carbocycles. The van der Waals surface area contributed by atoms with Gasteiger partial charge in [0.15, 0.2) is 0 Å². The van der Waals surface area contributed by atoms with E-state index in [4.69, 9.17) is 6.42 Å². The fourth-order valence-electron chi connectivity index (χ4n) is 3.22. The average molecular weight is 420 g/mol. The monoisotopic (exact) mass is 419 g/mol. The van der Waals surface area contributed by atoms with Crippen molar-refractivity contribution in [2.24, 2.45) is 5.92 Å². The number of carbonyl (C=O) groups excluding carboxylic acids is 2. The lowest BCUT2D eigenvalue weighted by Crippen LogP contribution is -2.38. The van der Waals surface area contributed by atoms with Gasteiger partial charge in [0.25, 0.3) is 5.91 Å². The first-order valence-corrected chi connectivity index (χ1v) is 11.2. The maximum Gasteiger partial charge on any atom is 0.251 e. The first-order valence-electron chi connectivity index (χ1n) is 9.76. The van der Waals surface area contributed by atoms with Gasteiger partial charge in [-0.1, -0.05) is 12.8 Å². The largest absolute Gasteiger partial charge is 0.352 e. The van der Waals surface area contributed by atoms with Crippen LogP contribution in [0.5, 0.6) is 0 Å². The zero-order valence-corrected chi connectivity index (χ0v) is 18.1. The van der Waals surface area contributed by atoms with Crippen LogP contribution in [0.1, 0.15) is 47.7 Å². The minimum Gasteiger partial charge on any atom is -0.352 e. The van der Waals surface area contributed by atoms with E-state index in [0.29, 0.717) is 24.6 Å². The number of sulfonamides is 1. The third-order valence-electron chi connectivity index (χ3n) is 5.27. The van der Waals surface area contributed by atoms with E-state index in [1.165, 1.54) is 10.4 Å². The molecule has 0 bridgehead atoms. The lowest BCUT2D eigenvalue weighted by Gasteiger charge is -2.30. The Hall–Kier alpha value is -2.37. The molecular weight excluding hydrogens is 390 g/mol. The van der Waals surface area contributed by atoms with E-state index in [1.54, 1.807) is 19.9 Å². The number of nitrogens with zero attached hydrogens (tertiary/aromatic N) is 1. The lowest BCUT2D eigenvalue weighted by atomic mass is 10.0. The van der Waals surface area contributed by atoms with Crippen molar-refractivity contribution in [1.82, 2.24) is 14.9 Å². The number of hydrogen-bond donors (Lipinski definition) is 2. The molecule has 158 valence electrons. The fraction of sp³-hybridized carbons (Fsp3) is 0.524. The molecule has 8 heteroatoms. The van der Waals surface area contributed by atoms with Gasteiger partial charge >= 0.3 is 0 Å². The van der Waals surface area contributed by atoms with Crippen LogP contribution in [0, 0.1) is 32.1 Å². The van der Waals surface area contributed by atoms with Crippen molar-refractivity contribution in [3.63, 3.8) is 0 Å². The molecule has 0 atom stereocenters. The maximum atomic E-state index is 13.2. The summed E-state index contributed by atoms with van der Waals surface area (Å²) in [4.78, 5) is 24.2. The van der Waals surface area contributed by atoms with Crippen LogP contribution in [0.25, 0.3) is 0 Å². The third kappa shape index (κ3) is 5.81. The van der Waals surface area contributed by atoms with Gasteiger partial charge in [0.05, 0.1) is 11.4 Å². The summed E-state index contributed by atoms with van der Waals surface area (Å²) in [7, 11) is -3.67. The predicted octanol–water partition coefficient (Wildman–Crippen LogP) is 1.59. The van der Waals surface area contributed by atoms with Crippen LogP contribution in [0.2, 0.25) is 0 Å². The van der Waals surface area contributed by atoms with Crippen LogP contribution >= 0.6 is 0 Å². The Labute approximate surface area is 173 Å². The average Bonchev–Trinajstić information content (AvgIpc) is 2.68. The highest BCUT2D eigenvalue weighted by Gasteiger charge is 2.30. The Kier molecular flexibility index (Phi) is 7.82. The van der Waals surface area contributed by atoms with E-state index in [9.17, 15) is 18.0 Å². The van der Waals surface area contributed by atoms with Crippen molar-refractivity contribution in [2.75, 3.05) is 26.2 Å². The predicted molar refractivity (Wildman–Crippen MR) is 112 cm³/mol. The van der Waals surface area contributed by atoms with Crippen LogP contribution < -0.4 is 10.6 Å². The Morgan fingerprint density at radius 1 is 1.21 bits per heavy atom. The number of rotatable bonds is 7. The molecule has 2 amide bonds. The third-order valence-corrected chi connectivity index (χ3v) is 7.29. The summed E-state index contributed by atoms with van der Waals surface area (Å²) < 4.78 is 27.8. The van der Waals surface area contributed by atoms with Gasteiger partial charge in [0.1, 0.15) is 0 Å². The summed E-state index contributed by atoms with van der Waals surface area (Å²) in [6.07, 6.45) is 6.84. The van der Waals surface area contributed by atoms with E-state index in [1.807, 2.05) is 0 Å². The van der Waals surface area contributed by atoms with Gasteiger partial charge < -0.3 is 10.6 Å². The molecule has 0 radical (unpaired) electrons. The fourth-order valence-corrected chi connectivity index (χ4v) is 5.01. The molecule has 1 saturated heterocycles. The topological polar surface area (TPSA) is 95.6 Å². The summed E-state index contributed by atoms with van der Waals surface area (Å²) in [5.41, 5.74) is 1.64. The molecule has 1 fully saturated rings. The number of piperidine rings is 1. The summed E-state index contributed by atoms with van der Waals surface area (Å²) in [5.74, 6) is 2.14. The number of amides is 2. The summed E-state index contributed by atoms with van der Waals surface area (Å²) >= 11 is 0. The Morgan fingerprint density at radius 2 is 1.86 bits per heavy atom. The second kappa shape index (κ2) is 9.90. The van der Waals surface area contributed by atoms with Gasteiger partial charge in [-0.25, -0.2) is 8.42 Å². The van der Waals surface area contributed by atoms with Gasteiger partial charge in [-0.05, 0) is 55.9 Å². The lowest BCUT2D eigenvalue weighted by molar-refractivity contribution is -0.120. The first kappa shape index (κ1) is 22.9. The molecule has 29 heavy (non-hydrogen) atoms. The molecule has 1 aromatic rings. The Morgan fingerprint density at radius 3 is 2.48 bits per heavy atom. The Balaban J connectivity index is 2.15. The van der Waals surface area contributed by atoms with Crippen LogP contribution in [0.3, 0.4) is 0 Å². The van der Waals surface area contributed by atoms with Gasteiger partial charge in [-0.3, -0.25) is 9.59 Å². The molecule has 1 heterocycles. The number of hydrogen-bond acceptors (Lipinski definition) is 4. The minimum absolute atomic E-state index is 0.0926. The molecule has 0 unspecified atom stereocenters. The smallest absolute Gasteiger partial charge is 0.251 e. The molecule has 1 aliphatic rings. The Bertz CT molecular complexity index is 911. The van der Waals surface area contributed by atoms with Crippen molar-refractivity contribution < 1.29 is 18.0 Å². The van der Waals surface area contributed by atoms with Gasteiger partial charge in [0.2, 0.25) is 15.9 Å². The second-order valence-corrected chi connectivity index (χ2v) is 9.40. The molecule has 7 nitrogen and oxygen atoms in total. The van der Waals surface area contributed by atoms with E-state index >= 15 is 0 Å². The van der Waals surface area contributed by atoms with Crippen LogP contribution in [-0.2, 0) is 14.8 Å². The highest BCUT2D eigenvalue weighted by molar-refractivity contribution is 7.89. The van der Waals surface area contributed by atoms with Crippen LogP contribution in [0.4, 0.5) is 0 Å². The number of benzene rings is 1. The van der Waals surface area contributed by atoms with Crippen molar-refractivity contribution >= 4 is 21.8 Å². The van der Waals surface area contributed by atoms with Crippen molar-refractivity contribution in [2.45, 2.75) is 44.9 Å². The molecule has 1 aliphatic heterocycles. The number of carbonyl (C=O) groups is 2. The standard InChI is InChI=1S/C21H29N3O4S/c1-5-9-22-20(25)6-10-23-21(26)18-13-16(3)17(4)19(14-18)29(27,28)24-11-7-15(2)8-12-24/h1,13-15H,6-12H2,2-4H3,(H,22,25)(H,23,26). The molecule has 2 rings (SSSR count). The van der Waals surface area contributed by atoms with Gasteiger partial charge in [-0.15, -0.1) is 6.42 Å². The van der Waals surface area contributed by atoms with E-state index in [2.05, 4.69) is 23.5 Å². The first-order chi connectivity index (χ1) is 13.7. The summed E-state index contributed by atoms with van der Waals surface area (Å²) in [5, 5.41) is 5.18.